The molecule has 2 amide bonds. The molecule has 1 aliphatic rings. The number of benzene rings is 2. The van der Waals surface area contributed by atoms with Crippen LogP contribution in [0.4, 0.5) is 0 Å². The van der Waals surface area contributed by atoms with Crippen molar-refractivity contribution >= 4 is 11.8 Å². The lowest BCUT2D eigenvalue weighted by molar-refractivity contribution is -0.153. The molecule has 2 aromatic heterocycles. The van der Waals surface area contributed by atoms with Crippen molar-refractivity contribution < 1.29 is 24.5 Å². The predicted octanol–water partition coefficient (Wildman–Crippen LogP) is 2.29. The number of amides is 2. The van der Waals surface area contributed by atoms with Gasteiger partial charge in [-0.25, -0.2) is 4.68 Å². The molecule has 0 spiro atoms. The van der Waals surface area contributed by atoms with Crippen molar-refractivity contribution in [3.8, 4) is 11.4 Å². The molecule has 0 radical (unpaired) electrons. The molecule has 2 aromatic carbocycles. The molecular weight excluding hydrogens is 498 g/mol. The lowest BCUT2D eigenvalue weighted by Crippen LogP contribution is -2.50. The van der Waals surface area contributed by atoms with Crippen LogP contribution >= 0.6 is 0 Å². The minimum Gasteiger partial charge on any atom is -0.487 e. The second-order valence-corrected chi connectivity index (χ2v) is 9.38. The number of pyridine rings is 1. The Labute approximate surface area is 225 Å². The third-order valence-corrected chi connectivity index (χ3v) is 6.65. The zero-order chi connectivity index (χ0) is 27.4. The smallest absolute Gasteiger partial charge is 0.255 e. The molecule has 5 rings (SSSR count). The van der Waals surface area contributed by atoms with Gasteiger partial charge in [-0.1, -0.05) is 42.5 Å². The topological polar surface area (TPSA) is 130 Å². The highest BCUT2D eigenvalue weighted by molar-refractivity contribution is 5.91. The molecular formula is C29H29N5O5. The summed E-state index contributed by atoms with van der Waals surface area (Å²) < 4.78 is 7.81. The largest absolute Gasteiger partial charge is 0.487 e. The monoisotopic (exact) mass is 527 g/mol. The summed E-state index contributed by atoms with van der Waals surface area (Å²) >= 11 is 0. The Morgan fingerprint density at radius 1 is 1.00 bits per heavy atom. The van der Waals surface area contributed by atoms with Crippen LogP contribution in [0, 0.1) is 0 Å². The number of aliphatic hydroxyl groups is 2. The molecule has 0 bridgehead atoms. The van der Waals surface area contributed by atoms with Gasteiger partial charge in [0.1, 0.15) is 18.0 Å². The van der Waals surface area contributed by atoms with Gasteiger partial charge in [-0.3, -0.25) is 14.6 Å². The molecule has 0 fully saturated rings. The molecule has 10 nitrogen and oxygen atoms in total. The van der Waals surface area contributed by atoms with E-state index in [9.17, 15) is 19.8 Å². The van der Waals surface area contributed by atoms with Crippen molar-refractivity contribution in [1.29, 1.82) is 0 Å². The van der Waals surface area contributed by atoms with Crippen molar-refractivity contribution in [2.75, 3.05) is 0 Å². The van der Waals surface area contributed by atoms with E-state index in [1.807, 2.05) is 54.6 Å². The number of hydrogen-bond acceptors (Lipinski definition) is 7. The SMILES string of the molecule is CC(NC(=O)[C@H](O)[C@@H](O)C(=O)N1Cc2cccnc2C1)c1ccc(-n2cccn2)c(OCc2ccccc2)c1. The lowest BCUT2D eigenvalue weighted by Gasteiger charge is -2.24. The highest BCUT2D eigenvalue weighted by atomic mass is 16.5. The Balaban J connectivity index is 1.26. The zero-order valence-corrected chi connectivity index (χ0v) is 21.3. The van der Waals surface area contributed by atoms with Crippen LogP contribution in [0.3, 0.4) is 0 Å². The van der Waals surface area contributed by atoms with Crippen LogP contribution in [0.15, 0.2) is 85.3 Å². The molecule has 3 N–H and O–H groups in total. The molecule has 200 valence electrons. The minimum absolute atomic E-state index is 0.213. The van der Waals surface area contributed by atoms with Crippen LogP contribution in [-0.2, 0) is 29.3 Å². The second kappa shape index (κ2) is 11.5. The summed E-state index contributed by atoms with van der Waals surface area (Å²) in [5.41, 5.74) is 4.02. The van der Waals surface area contributed by atoms with Crippen molar-refractivity contribution in [3.63, 3.8) is 0 Å². The van der Waals surface area contributed by atoms with E-state index in [2.05, 4.69) is 15.4 Å². The number of carbonyl (C=O) groups excluding carboxylic acids is 2. The Kier molecular flexibility index (Phi) is 7.67. The van der Waals surface area contributed by atoms with Gasteiger partial charge >= 0.3 is 0 Å². The maximum absolute atomic E-state index is 12.8. The van der Waals surface area contributed by atoms with E-state index >= 15 is 0 Å². The highest BCUT2D eigenvalue weighted by Gasteiger charge is 2.36. The van der Waals surface area contributed by atoms with E-state index in [1.54, 1.807) is 42.3 Å². The van der Waals surface area contributed by atoms with Gasteiger partial charge in [0.2, 0.25) is 0 Å². The highest BCUT2D eigenvalue weighted by Crippen LogP contribution is 2.28. The van der Waals surface area contributed by atoms with Gasteiger partial charge in [-0.2, -0.15) is 5.10 Å². The molecule has 0 saturated carbocycles. The third kappa shape index (κ3) is 5.82. The summed E-state index contributed by atoms with van der Waals surface area (Å²) in [5, 5.41) is 28.0. The van der Waals surface area contributed by atoms with E-state index in [-0.39, 0.29) is 13.1 Å². The van der Waals surface area contributed by atoms with Crippen molar-refractivity contribution in [3.05, 3.63) is 108 Å². The maximum atomic E-state index is 12.8. The molecule has 3 heterocycles. The average Bonchev–Trinajstić information content (AvgIpc) is 3.66. The number of ether oxygens (including phenoxy) is 1. The molecule has 0 aliphatic carbocycles. The van der Waals surface area contributed by atoms with Crippen molar-refractivity contribution in [2.24, 2.45) is 0 Å². The summed E-state index contributed by atoms with van der Waals surface area (Å²) in [5.74, 6) is -1.04. The quantitative estimate of drug-likeness (QED) is 0.305. The third-order valence-electron chi connectivity index (χ3n) is 6.65. The van der Waals surface area contributed by atoms with Gasteiger partial charge in [0, 0.05) is 25.1 Å². The summed E-state index contributed by atoms with van der Waals surface area (Å²) in [6.07, 6.45) is 1.27. The summed E-state index contributed by atoms with van der Waals surface area (Å²) in [6.45, 7) is 2.55. The van der Waals surface area contributed by atoms with Crippen molar-refractivity contribution in [2.45, 2.75) is 44.9 Å². The second-order valence-electron chi connectivity index (χ2n) is 9.38. The van der Waals surface area contributed by atoms with E-state index in [0.29, 0.717) is 17.9 Å². The van der Waals surface area contributed by atoms with E-state index < -0.39 is 30.1 Å². The molecule has 39 heavy (non-hydrogen) atoms. The number of nitrogens with one attached hydrogen (secondary N) is 1. The number of nitrogens with zero attached hydrogens (tertiary/aromatic N) is 4. The number of carbonyl (C=O) groups is 2. The minimum atomic E-state index is -1.94. The number of aliphatic hydroxyl groups excluding tert-OH is 2. The van der Waals surface area contributed by atoms with E-state index in [0.717, 1.165) is 22.5 Å². The van der Waals surface area contributed by atoms with E-state index in [4.69, 9.17) is 4.74 Å². The van der Waals surface area contributed by atoms with Gasteiger partial charge in [0.15, 0.2) is 12.2 Å². The Bertz CT molecular complexity index is 1420. The van der Waals surface area contributed by atoms with Gasteiger partial charge in [0.05, 0.1) is 18.3 Å². The first-order chi connectivity index (χ1) is 18.9. The van der Waals surface area contributed by atoms with Gasteiger partial charge < -0.3 is 25.2 Å². The Morgan fingerprint density at radius 3 is 2.56 bits per heavy atom. The normalized spacial score (nSPS) is 14.8. The molecule has 0 saturated heterocycles. The molecule has 4 aromatic rings. The molecule has 3 atom stereocenters. The van der Waals surface area contributed by atoms with Gasteiger partial charge in [-0.05, 0) is 47.9 Å². The summed E-state index contributed by atoms with van der Waals surface area (Å²) in [7, 11) is 0. The summed E-state index contributed by atoms with van der Waals surface area (Å²) in [4.78, 5) is 31.2. The number of aromatic nitrogens is 3. The number of fused-ring (bicyclic) bond motifs is 1. The fourth-order valence-electron chi connectivity index (χ4n) is 4.45. The van der Waals surface area contributed by atoms with Crippen LogP contribution in [0.1, 0.15) is 35.3 Å². The van der Waals surface area contributed by atoms with Crippen LogP contribution < -0.4 is 10.1 Å². The predicted molar refractivity (Wildman–Crippen MR) is 141 cm³/mol. The van der Waals surface area contributed by atoms with Gasteiger partial charge in [0.25, 0.3) is 11.8 Å². The van der Waals surface area contributed by atoms with Crippen LogP contribution in [0.5, 0.6) is 5.75 Å². The Hall–Kier alpha value is -4.54. The van der Waals surface area contributed by atoms with Crippen molar-refractivity contribution in [1.82, 2.24) is 25.0 Å². The maximum Gasteiger partial charge on any atom is 0.255 e. The molecule has 10 heteroatoms. The number of hydrogen-bond donors (Lipinski definition) is 3. The Morgan fingerprint density at radius 2 is 1.82 bits per heavy atom. The lowest BCUT2D eigenvalue weighted by atomic mass is 10.1. The first-order valence-electron chi connectivity index (χ1n) is 12.6. The first kappa shape index (κ1) is 26.1. The summed E-state index contributed by atoms with van der Waals surface area (Å²) in [6, 6.07) is 20.1. The van der Waals surface area contributed by atoms with Crippen LogP contribution in [-0.4, -0.2) is 53.9 Å². The van der Waals surface area contributed by atoms with Crippen LogP contribution in [0.25, 0.3) is 5.69 Å². The average molecular weight is 528 g/mol. The fraction of sp³-hybridized carbons (Fsp3) is 0.241. The standard InChI is InChI=1S/C29H29N5O5/c1-19(32-28(37)26(35)27(36)29(38)33-16-22-9-5-12-30-23(22)17-33)21-10-11-24(34-14-6-13-31-34)25(15-21)39-18-20-7-3-2-4-8-20/h2-15,19,26-27,35-36H,16-18H2,1H3,(H,32,37)/t19?,26-,27-/m1/s1. The molecule has 1 aliphatic heterocycles. The number of rotatable bonds is 9. The zero-order valence-electron chi connectivity index (χ0n) is 21.3. The first-order valence-corrected chi connectivity index (χ1v) is 12.6. The van der Waals surface area contributed by atoms with Gasteiger partial charge in [-0.15, -0.1) is 0 Å². The molecule has 1 unspecified atom stereocenters. The fourth-order valence-corrected chi connectivity index (χ4v) is 4.45. The van der Waals surface area contributed by atoms with Crippen LogP contribution in [0.2, 0.25) is 0 Å². The van der Waals surface area contributed by atoms with E-state index in [1.165, 1.54) is 4.90 Å².